The predicted octanol–water partition coefficient (Wildman–Crippen LogP) is 4.85. The Labute approximate surface area is 149 Å². The molecule has 1 amide bonds. The second-order valence-corrected chi connectivity index (χ2v) is 5.94. The lowest BCUT2D eigenvalue weighted by molar-refractivity contribution is 0.104. The SMILES string of the molecule is O=C(C=Cc1cccc(Cl)c1Cl)c1cccc(N2CCOC2=O)c1. The van der Waals surface area contributed by atoms with Crippen molar-refractivity contribution >= 4 is 46.8 Å². The topological polar surface area (TPSA) is 46.6 Å². The number of allylic oxidation sites excluding steroid dienone is 1. The van der Waals surface area contributed by atoms with Crippen LogP contribution in [0, 0.1) is 0 Å². The predicted molar refractivity (Wildman–Crippen MR) is 95.0 cm³/mol. The van der Waals surface area contributed by atoms with Gasteiger partial charge in [0.2, 0.25) is 0 Å². The smallest absolute Gasteiger partial charge is 0.414 e. The molecule has 1 aliphatic rings. The fourth-order valence-corrected chi connectivity index (χ4v) is 2.74. The minimum absolute atomic E-state index is 0.194. The number of benzene rings is 2. The molecule has 1 heterocycles. The summed E-state index contributed by atoms with van der Waals surface area (Å²) in [5.41, 5.74) is 1.77. The van der Waals surface area contributed by atoms with E-state index in [1.54, 1.807) is 48.5 Å². The summed E-state index contributed by atoms with van der Waals surface area (Å²) in [4.78, 5) is 25.5. The lowest BCUT2D eigenvalue weighted by Gasteiger charge is -2.13. The highest BCUT2D eigenvalue weighted by molar-refractivity contribution is 6.42. The van der Waals surface area contributed by atoms with Crippen molar-refractivity contribution in [2.45, 2.75) is 0 Å². The molecule has 3 rings (SSSR count). The number of ketones is 1. The van der Waals surface area contributed by atoms with Gasteiger partial charge in [0.25, 0.3) is 0 Å². The third kappa shape index (κ3) is 3.45. The summed E-state index contributed by atoms with van der Waals surface area (Å²) in [6.45, 7) is 0.828. The zero-order valence-electron chi connectivity index (χ0n) is 12.5. The van der Waals surface area contributed by atoms with Crippen molar-refractivity contribution in [3.05, 3.63) is 69.7 Å². The summed E-state index contributed by atoms with van der Waals surface area (Å²) in [6, 6.07) is 12.1. The van der Waals surface area contributed by atoms with Crippen LogP contribution in [0.25, 0.3) is 6.08 Å². The molecule has 0 N–H and O–H groups in total. The Hall–Kier alpha value is -2.30. The van der Waals surface area contributed by atoms with E-state index in [1.807, 2.05) is 0 Å². The average molecular weight is 362 g/mol. The number of hydrogen-bond donors (Lipinski definition) is 0. The molecule has 2 aromatic rings. The Kier molecular flexibility index (Phi) is 4.88. The summed E-state index contributed by atoms with van der Waals surface area (Å²) in [5.74, 6) is -0.194. The van der Waals surface area contributed by atoms with Crippen molar-refractivity contribution in [2.24, 2.45) is 0 Å². The molecule has 0 aliphatic carbocycles. The molecule has 1 fully saturated rings. The minimum atomic E-state index is -0.402. The van der Waals surface area contributed by atoms with E-state index in [0.717, 1.165) is 0 Å². The lowest BCUT2D eigenvalue weighted by Crippen LogP contribution is -2.23. The van der Waals surface area contributed by atoms with Crippen LogP contribution in [-0.2, 0) is 4.74 Å². The van der Waals surface area contributed by atoms with E-state index in [-0.39, 0.29) is 5.78 Å². The third-order valence-electron chi connectivity index (χ3n) is 3.60. The number of cyclic esters (lactones) is 1. The highest BCUT2D eigenvalue weighted by atomic mass is 35.5. The van der Waals surface area contributed by atoms with E-state index in [9.17, 15) is 9.59 Å². The van der Waals surface area contributed by atoms with Gasteiger partial charge in [-0.2, -0.15) is 0 Å². The second-order valence-electron chi connectivity index (χ2n) is 5.16. The molecule has 1 saturated heterocycles. The molecule has 0 atom stereocenters. The molecule has 0 radical (unpaired) electrons. The largest absolute Gasteiger partial charge is 0.447 e. The van der Waals surface area contributed by atoms with Crippen LogP contribution in [0.1, 0.15) is 15.9 Å². The van der Waals surface area contributed by atoms with Gasteiger partial charge < -0.3 is 4.74 Å². The zero-order valence-corrected chi connectivity index (χ0v) is 14.1. The first-order valence-electron chi connectivity index (χ1n) is 7.27. The minimum Gasteiger partial charge on any atom is -0.447 e. The van der Waals surface area contributed by atoms with E-state index in [0.29, 0.717) is 40.0 Å². The maximum atomic E-state index is 12.4. The van der Waals surface area contributed by atoms with E-state index in [4.69, 9.17) is 27.9 Å². The van der Waals surface area contributed by atoms with Gasteiger partial charge in [-0.25, -0.2) is 4.79 Å². The molecule has 1 aliphatic heterocycles. The normalized spacial score (nSPS) is 14.2. The van der Waals surface area contributed by atoms with Gasteiger partial charge in [0.05, 0.1) is 16.6 Å². The van der Waals surface area contributed by atoms with Gasteiger partial charge in [-0.3, -0.25) is 9.69 Å². The van der Waals surface area contributed by atoms with Crippen molar-refractivity contribution in [1.82, 2.24) is 0 Å². The van der Waals surface area contributed by atoms with Gasteiger partial charge in [0.15, 0.2) is 5.78 Å². The second kappa shape index (κ2) is 7.07. The first-order valence-corrected chi connectivity index (χ1v) is 8.02. The summed E-state index contributed by atoms with van der Waals surface area (Å²) in [6.07, 6.45) is 2.65. The highest BCUT2D eigenvalue weighted by Crippen LogP contribution is 2.26. The van der Waals surface area contributed by atoms with Crippen LogP contribution < -0.4 is 4.90 Å². The Bertz CT molecular complexity index is 833. The number of ether oxygens (including phenoxy) is 1. The van der Waals surface area contributed by atoms with E-state index < -0.39 is 6.09 Å². The van der Waals surface area contributed by atoms with Gasteiger partial charge in [-0.1, -0.05) is 47.5 Å². The van der Waals surface area contributed by atoms with Gasteiger partial charge >= 0.3 is 6.09 Å². The van der Waals surface area contributed by atoms with E-state index >= 15 is 0 Å². The number of carbonyl (C=O) groups excluding carboxylic acids is 2. The molecule has 0 aromatic heterocycles. The molecular formula is C18H13Cl2NO3. The van der Waals surface area contributed by atoms with Crippen LogP contribution in [0.5, 0.6) is 0 Å². The van der Waals surface area contributed by atoms with Crippen molar-refractivity contribution < 1.29 is 14.3 Å². The zero-order chi connectivity index (χ0) is 17.1. The average Bonchev–Trinajstić information content (AvgIpc) is 3.02. The van der Waals surface area contributed by atoms with Crippen LogP contribution in [0.4, 0.5) is 10.5 Å². The fourth-order valence-electron chi connectivity index (χ4n) is 2.37. The number of hydrogen-bond acceptors (Lipinski definition) is 3. The number of halogens is 2. The summed E-state index contributed by atoms with van der Waals surface area (Å²) in [7, 11) is 0. The molecule has 0 saturated carbocycles. The molecule has 0 unspecified atom stereocenters. The number of rotatable bonds is 4. The summed E-state index contributed by atoms with van der Waals surface area (Å²) in [5, 5.41) is 0.831. The Balaban J connectivity index is 1.81. The first-order chi connectivity index (χ1) is 11.6. The fraction of sp³-hybridized carbons (Fsp3) is 0.111. The van der Waals surface area contributed by atoms with Crippen molar-refractivity contribution in [3.8, 4) is 0 Å². The molecule has 122 valence electrons. The molecular weight excluding hydrogens is 349 g/mol. The van der Waals surface area contributed by atoms with E-state index in [2.05, 4.69) is 0 Å². The molecule has 6 heteroatoms. The molecule has 0 spiro atoms. The van der Waals surface area contributed by atoms with Crippen LogP contribution >= 0.6 is 23.2 Å². The number of amides is 1. The highest BCUT2D eigenvalue weighted by Gasteiger charge is 2.23. The number of carbonyl (C=O) groups is 2. The molecule has 4 nitrogen and oxygen atoms in total. The van der Waals surface area contributed by atoms with Crippen molar-refractivity contribution in [1.29, 1.82) is 0 Å². The quantitative estimate of drug-likeness (QED) is 0.577. The summed E-state index contributed by atoms with van der Waals surface area (Å²) < 4.78 is 4.91. The van der Waals surface area contributed by atoms with Crippen LogP contribution in [0.3, 0.4) is 0 Å². The van der Waals surface area contributed by atoms with E-state index in [1.165, 1.54) is 11.0 Å². The maximum absolute atomic E-state index is 12.4. The third-order valence-corrected chi connectivity index (χ3v) is 4.43. The van der Waals surface area contributed by atoms with Crippen molar-refractivity contribution in [3.63, 3.8) is 0 Å². The molecule has 2 aromatic carbocycles. The summed E-state index contributed by atoms with van der Waals surface area (Å²) >= 11 is 12.1. The lowest BCUT2D eigenvalue weighted by atomic mass is 10.1. The number of anilines is 1. The monoisotopic (exact) mass is 361 g/mol. The standard InChI is InChI=1S/C18H13Cl2NO3/c19-15-6-2-3-12(17(15)20)7-8-16(22)13-4-1-5-14(11-13)21-9-10-24-18(21)23/h1-8,11H,9-10H2. The van der Waals surface area contributed by atoms with Crippen molar-refractivity contribution in [2.75, 3.05) is 18.1 Å². The first kappa shape index (κ1) is 16.6. The van der Waals surface area contributed by atoms with Crippen LogP contribution in [0.2, 0.25) is 10.0 Å². The van der Waals surface area contributed by atoms with Gasteiger partial charge in [0, 0.05) is 11.3 Å². The van der Waals surface area contributed by atoms with Crippen LogP contribution in [0.15, 0.2) is 48.5 Å². The maximum Gasteiger partial charge on any atom is 0.414 e. The molecule has 0 bridgehead atoms. The van der Waals surface area contributed by atoms with Gasteiger partial charge in [-0.15, -0.1) is 0 Å². The molecule has 24 heavy (non-hydrogen) atoms. The Morgan fingerprint density at radius 1 is 1.17 bits per heavy atom. The van der Waals surface area contributed by atoms with Gasteiger partial charge in [-0.05, 0) is 35.9 Å². The van der Waals surface area contributed by atoms with Gasteiger partial charge in [0.1, 0.15) is 6.61 Å². The number of nitrogens with zero attached hydrogens (tertiary/aromatic N) is 1. The van der Waals surface area contributed by atoms with Crippen LogP contribution in [-0.4, -0.2) is 25.0 Å². The Morgan fingerprint density at radius 2 is 1.96 bits per heavy atom. The Morgan fingerprint density at radius 3 is 2.71 bits per heavy atom.